The van der Waals surface area contributed by atoms with Gasteiger partial charge in [0.2, 0.25) is 0 Å². The molecule has 0 spiro atoms. The summed E-state index contributed by atoms with van der Waals surface area (Å²) in [6.45, 7) is 0. The lowest BCUT2D eigenvalue weighted by molar-refractivity contribution is -0.138. The summed E-state index contributed by atoms with van der Waals surface area (Å²) in [7, 11) is 0. The van der Waals surface area contributed by atoms with E-state index < -0.39 is 17.3 Å². The number of nitrogens with zero attached hydrogens (tertiary/aromatic N) is 2. The van der Waals surface area contributed by atoms with Crippen molar-refractivity contribution in [3.8, 4) is 17.3 Å². The van der Waals surface area contributed by atoms with Gasteiger partial charge in [-0.2, -0.15) is 18.4 Å². The van der Waals surface area contributed by atoms with E-state index in [-0.39, 0.29) is 10.7 Å². The third kappa shape index (κ3) is 4.44. The number of hydrogen-bond donors (Lipinski definition) is 0. The predicted octanol–water partition coefficient (Wildman–Crippen LogP) is 6.58. The van der Waals surface area contributed by atoms with Crippen molar-refractivity contribution in [3.63, 3.8) is 0 Å². The number of benzene rings is 2. The van der Waals surface area contributed by atoms with Crippen LogP contribution in [0.1, 0.15) is 16.7 Å². The minimum atomic E-state index is -4.66. The molecule has 1 aromatic heterocycles. The van der Waals surface area contributed by atoms with Crippen LogP contribution in [0.5, 0.6) is 0 Å². The topological polar surface area (TPSA) is 36.7 Å². The molecule has 0 bridgehead atoms. The van der Waals surface area contributed by atoms with E-state index in [1.165, 1.54) is 0 Å². The summed E-state index contributed by atoms with van der Waals surface area (Å²) in [6, 6.07) is 18.2. The third-order valence-corrected chi connectivity index (χ3v) is 5.19. The average Bonchev–Trinajstić information content (AvgIpc) is 2.66. The minimum absolute atomic E-state index is 0.0334. The van der Waals surface area contributed by atoms with E-state index >= 15 is 0 Å². The maximum absolute atomic E-state index is 13.5. The molecule has 2 aromatic carbocycles. The first-order chi connectivity index (χ1) is 12.9. The molecule has 0 fully saturated rings. The van der Waals surface area contributed by atoms with E-state index in [1.54, 1.807) is 60.7 Å². The number of halogens is 4. The lowest BCUT2D eigenvalue weighted by Crippen LogP contribution is -2.10. The maximum atomic E-state index is 13.5. The Kier molecular flexibility index (Phi) is 5.73. The number of aromatic nitrogens is 1. The van der Waals surface area contributed by atoms with Crippen LogP contribution in [-0.2, 0) is 11.9 Å². The van der Waals surface area contributed by atoms with Crippen molar-refractivity contribution >= 4 is 23.4 Å². The standard InChI is InChI=1S/C20H12ClF3N2S/c21-17-9-5-4-8-14(17)12-27-19-15(11-25)16(20(22,23)24)10-18(26-19)13-6-2-1-3-7-13/h1-10H,12H2. The van der Waals surface area contributed by atoms with Crippen molar-refractivity contribution in [2.24, 2.45) is 0 Å². The van der Waals surface area contributed by atoms with Crippen LogP contribution in [0.2, 0.25) is 5.02 Å². The number of nitriles is 1. The predicted molar refractivity (Wildman–Crippen MR) is 100 cm³/mol. The maximum Gasteiger partial charge on any atom is 0.417 e. The minimum Gasteiger partial charge on any atom is -0.240 e. The average molecular weight is 405 g/mol. The molecule has 3 aromatic rings. The highest BCUT2D eigenvalue weighted by Crippen LogP contribution is 2.38. The zero-order valence-corrected chi connectivity index (χ0v) is 15.4. The van der Waals surface area contributed by atoms with Gasteiger partial charge in [-0.15, -0.1) is 11.8 Å². The van der Waals surface area contributed by atoms with Gasteiger partial charge < -0.3 is 0 Å². The van der Waals surface area contributed by atoms with Gasteiger partial charge in [0.05, 0.1) is 16.8 Å². The molecule has 1 heterocycles. The molecule has 0 aliphatic rings. The molecular weight excluding hydrogens is 393 g/mol. The molecule has 0 saturated heterocycles. The van der Waals surface area contributed by atoms with Crippen molar-refractivity contribution in [1.82, 2.24) is 4.98 Å². The zero-order valence-electron chi connectivity index (χ0n) is 13.8. The molecule has 136 valence electrons. The monoisotopic (exact) mass is 404 g/mol. The second-order valence-electron chi connectivity index (χ2n) is 5.59. The second kappa shape index (κ2) is 8.03. The normalized spacial score (nSPS) is 11.2. The molecule has 0 amide bonds. The summed E-state index contributed by atoms with van der Waals surface area (Å²) in [4.78, 5) is 4.33. The Morgan fingerprint density at radius 2 is 1.70 bits per heavy atom. The van der Waals surface area contributed by atoms with Gasteiger partial charge in [-0.25, -0.2) is 4.98 Å². The lowest BCUT2D eigenvalue weighted by Gasteiger charge is -2.14. The van der Waals surface area contributed by atoms with Crippen molar-refractivity contribution in [3.05, 3.63) is 82.4 Å². The van der Waals surface area contributed by atoms with Crippen LogP contribution in [0.4, 0.5) is 13.2 Å². The fourth-order valence-electron chi connectivity index (χ4n) is 2.48. The van der Waals surface area contributed by atoms with Crippen LogP contribution in [0, 0.1) is 11.3 Å². The van der Waals surface area contributed by atoms with Crippen molar-refractivity contribution < 1.29 is 13.2 Å². The Hall–Kier alpha value is -2.49. The number of thioether (sulfide) groups is 1. The van der Waals surface area contributed by atoms with Crippen molar-refractivity contribution in [1.29, 1.82) is 5.26 Å². The van der Waals surface area contributed by atoms with Gasteiger partial charge in [-0.3, -0.25) is 0 Å². The van der Waals surface area contributed by atoms with Crippen LogP contribution in [0.15, 0.2) is 65.7 Å². The molecular formula is C20H12ClF3N2S. The Balaban J connectivity index is 2.08. The smallest absolute Gasteiger partial charge is 0.240 e. The molecule has 7 heteroatoms. The molecule has 0 unspecified atom stereocenters. The number of hydrogen-bond acceptors (Lipinski definition) is 3. The van der Waals surface area contributed by atoms with Gasteiger partial charge in [0.25, 0.3) is 0 Å². The van der Waals surface area contributed by atoms with Crippen LogP contribution in [0.3, 0.4) is 0 Å². The Labute approximate surface area is 163 Å². The quantitative estimate of drug-likeness (QED) is 0.460. The molecule has 0 radical (unpaired) electrons. The SMILES string of the molecule is N#Cc1c(C(F)(F)F)cc(-c2ccccc2)nc1SCc1ccccc1Cl. The molecule has 0 aliphatic carbocycles. The number of pyridine rings is 1. The highest BCUT2D eigenvalue weighted by molar-refractivity contribution is 7.98. The Bertz CT molecular complexity index is 998. The van der Waals surface area contributed by atoms with E-state index in [0.717, 1.165) is 23.4 Å². The van der Waals surface area contributed by atoms with Crippen molar-refractivity contribution in [2.75, 3.05) is 0 Å². The third-order valence-electron chi connectivity index (χ3n) is 3.80. The molecule has 3 rings (SSSR count). The van der Waals surface area contributed by atoms with Gasteiger partial charge in [0.15, 0.2) is 0 Å². The Morgan fingerprint density at radius 3 is 2.33 bits per heavy atom. The molecule has 0 saturated carbocycles. The lowest BCUT2D eigenvalue weighted by atomic mass is 10.1. The van der Waals surface area contributed by atoms with Gasteiger partial charge >= 0.3 is 6.18 Å². The summed E-state index contributed by atoms with van der Waals surface area (Å²) < 4.78 is 40.6. The summed E-state index contributed by atoms with van der Waals surface area (Å²) in [6.07, 6.45) is -4.66. The van der Waals surface area contributed by atoms with E-state index in [1.807, 2.05) is 0 Å². The van der Waals surface area contributed by atoms with Crippen LogP contribution in [-0.4, -0.2) is 4.98 Å². The van der Waals surface area contributed by atoms with Crippen LogP contribution >= 0.6 is 23.4 Å². The highest BCUT2D eigenvalue weighted by Gasteiger charge is 2.36. The van der Waals surface area contributed by atoms with E-state index in [2.05, 4.69) is 4.98 Å². The Morgan fingerprint density at radius 1 is 1.04 bits per heavy atom. The van der Waals surface area contributed by atoms with Gasteiger partial charge in [0.1, 0.15) is 11.1 Å². The number of rotatable bonds is 4. The van der Waals surface area contributed by atoms with Gasteiger partial charge in [-0.1, -0.05) is 60.1 Å². The summed E-state index contributed by atoms with van der Waals surface area (Å²) >= 11 is 7.18. The highest BCUT2D eigenvalue weighted by atomic mass is 35.5. The summed E-state index contributed by atoms with van der Waals surface area (Å²) in [5.41, 5.74) is 0.0175. The van der Waals surface area contributed by atoms with Crippen LogP contribution in [0.25, 0.3) is 11.3 Å². The fourth-order valence-corrected chi connectivity index (χ4v) is 3.76. The van der Waals surface area contributed by atoms with E-state index in [0.29, 0.717) is 16.3 Å². The first-order valence-corrected chi connectivity index (χ1v) is 9.20. The molecule has 2 nitrogen and oxygen atoms in total. The first kappa shape index (κ1) is 19.3. The molecule has 27 heavy (non-hydrogen) atoms. The summed E-state index contributed by atoms with van der Waals surface area (Å²) in [5.74, 6) is 0.302. The first-order valence-electron chi connectivity index (χ1n) is 7.84. The molecule has 0 N–H and O–H groups in total. The summed E-state index contributed by atoms with van der Waals surface area (Å²) in [5, 5.41) is 9.89. The fraction of sp³-hybridized carbons (Fsp3) is 0.100. The second-order valence-corrected chi connectivity index (χ2v) is 6.96. The van der Waals surface area contributed by atoms with E-state index in [4.69, 9.17) is 11.6 Å². The van der Waals surface area contributed by atoms with Gasteiger partial charge in [0, 0.05) is 16.3 Å². The van der Waals surface area contributed by atoms with Gasteiger partial charge in [-0.05, 0) is 17.7 Å². The molecule has 0 aliphatic heterocycles. The largest absolute Gasteiger partial charge is 0.417 e. The molecule has 0 atom stereocenters. The van der Waals surface area contributed by atoms with E-state index in [9.17, 15) is 18.4 Å². The zero-order chi connectivity index (χ0) is 19.4. The van der Waals surface area contributed by atoms with Crippen molar-refractivity contribution in [2.45, 2.75) is 17.0 Å². The number of alkyl halides is 3. The van der Waals surface area contributed by atoms with Crippen LogP contribution < -0.4 is 0 Å².